The summed E-state index contributed by atoms with van der Waals surface area (Å²) in [5.74, 6) is 0.536. The number of carbonyl (C=O) groups excluding carboxylic acids is 1. The van der Waals surface area contributed by atoms with Crippen LogP contribution in [0.25, 0.3) is 5.82 Å². The Morgan fingerprint density at radius 2 is 1.94 bits per heavy atom. The van der Waals surface area contributed by atoms with Crippen molar-refractivity contribution in [1.82, 2.24) is 25.1 Å². The summed E-state index contributed by atoms with van der Waals surface area (Å²) >= 11 is 3.02. The molecule has 0 spiro atoms. The number of carbonyl (C=O) groups is 1. The van der Waals surface area contributed by atoms with Gasteiger partial charge < -0.3 is 5.32 Å². The fourth-order valence-electron chi connectivity index (χ4n) is 2.84. The summed E-state index contributed by atoms with van der Waals surface area (Å²) in [5, 5.41) is 16.1. The van der Waals surface area contributed by atoms with Gasteiger partial charge in [0.25, 0.3) is 5.91 Å². The number of hydrogen-bond acceptors (Lipinski definition) is 5. The second-order valence-corrected chi connectivity index (χ2v) is 8.25. The van der Waals surface area contributed by atoms with E-state index in [1.54, 1.807) is 19.1 Å². The van der Waals surface area contributed by atoms with Crippen LogP contribution in [0, 0.1) is 11.3 Å². The molecule has 0 bridgehead atoms. The largest absolute Gasteiger partial charge is 0.416 e. The minimum Gasteiger partial charge on any atom is -0.342 e. The van der Waals surface area contributed by atoms with Crippen molar-refractivity contribution in [2.45, 2.75) is 38.9 Å². The van der Waals surface area contributed by atoms with E-state index in [1.165, 1.54) is 16.9 Å². The number of rotatable bonds is 5. The van der Waals surface area contributed by atoms with E-state index in [4.69, 9.17) is 5.26 Å². The molecule has 3 rings (SSSR count). The predicted molar refractivity (Wildman–Crippen MR) is 113 cm³/mol. The van der Waals surface area contributed by atoms with Gasteiger partial charge in [-0.3, -0.25) is 4.79 Å². The highest BCUT2D eigenvalue weighted by Crippen LogP contribution is 2.32. The Kier molecular flexibility index (Phi) is 6.64. The number of pyridine rings is 1. The first kappa shape index (κ1) is 23.4. The number of nitrogens with one attached hydrogen (secondary N) is 1. The van der Waals surface area contributed by atoms with Gasteiger partial charge in [0.1, 0.15) is 6.07 Å². The Morgan fingerprint density at radius 1 is 1.22 bits per heavy atom. The second kappa shape index (κ2) is 9.08. The Morgan fingerprint density at radius 3 is 2.50 bits per heavy atom. The summed E-state index contributed by atoms with van der Waals surface area (Å²) in [6.07, 6.45) is -3.20. The third-order valence-electron chi connectivity index (χ3n) is 4.48. The highest BCUT2D eigenvalue weighted by Gasteiger charge is 2.32. The maximum Gasteiger partial charge on any atom is 0.416 e. The molecule has 3 aromatic rings. The van der Waals surface area contributed by atoms with Crippen LogP contribution in [0.1, 0.15) is 65.9 Å². The molecule has 0 radical (unpaired) electrons. The maximum absolute atomic E-state index is 13.1. The zero-order chi connectivity index (χ0) is 23.6. The SMILES string of the molecule is CC(C)c1nc([C@H](C)NC(=O)c2cc(Br)cc(C(F)(F)F)c2)n(-c2ccc(C#N)cn2)n1. The molecule has 0 saturated carbocycles. The van der Waals surface area contributed by atoms with Crippen molar-refractivity contribution in [3.63, 3.8) is 0 Å². The molecule has 2 heterocycles. The standard InChI is InChI=1S/C21H18BrF3N6O/c1-11(2)18-29-19(31(30-18)17-5-4-13(9-26)10-27-17)12(3)28-20(32)14-6-15(21(23,24)25)8-16(22)7-14/h4-8,10-12H,1-3H3,(H,28,32)/t12-/m0/s1. The van der Waals surface area contributed by atoms with Gasteiger partial charge >= 0.3 is 6.18 Å². The molecule has 11 heteroatoms. The van der Waals surface area contributed by atoms with Crippen LogP contribution in [0.2, 0.25) is 0 Å². The summed E-state index contributed by atoms with van der Waals surface area (Å²) in [4.78, 5) is 21.4. The van der Waals surface area contributed by atoms with E-state index in [0.29, 0.717) is 23.0 Å². The Hall–Kier alpha value is -3.26. The maximum atomic E-state index is 13.1. The van der Waals surface area contributed by atoms with Gasteiger partial charge in [-0.2, -0.15) is 23.1 Å². The lowest BCUT2D eigenvalue weighted by molar-refractivity contribution is -0.137. The van der Waals surface area contributed by atoms with Gasteiger partial charge in [0.05, 0.1) is 17.2 Å². The summed E-state index contributed by atoms with van der Waals surface area (Å²) in [6, 6.07) is 7.46. The predicted octanol–water partition coefficient (Wildman–Crippen LogP) is 4.93. The van der Waals surface area contributed by atoms with Crippen LogP contribution in [0.5, 0.6) is 0 Å². The van der Waals surface area contributed by atoms with E-state index in [2.05, 4.69) is 36.3 Å². The van der Waals surface area contributed by atoms with E-state index >= 15 is 0 Å². The molecule has 1 aromatic carbocycles. The lowest BCUT2D eigenvalue weighted by Gasteiger charge is -2.15. The Bertz CT molecular complexity index is 1180. The molecular weight excluding hydrogens is 489 g/mol. The summed E-state index contributed by atoms with van der Waals surface area (Å²) in [7, 11) is 0. The van der Waals surface area contributed by atoms with Crippen LogP contribution < -0.4 is 5.32 Å². The van der Waals surface area contributed by atoms with Gasteiger partial charge in [-0.25, -0.2) is 9.97 Å². The first-order valence-corrected chi connectivity index (χ1v) is 10.3. The smallest absolute Gasteiger partial charge is 0.342 e. The van der Waals surface area contributed by atoms with Gasteiger partial charge in [0.2, 0.25) is 0 Å². The number of alkyl halides is 3. The fourth-order valence-corrected chi connectivity index (χ4v) is 3.33. The van der Waals surface area contributed by atoms with Crippen molar-refractivity contribution in [3.05, 3.63) is 69.3 Å². The zero-order valence-corrected chi connectivity index (χ0v) is 18.9. The quantitative estimate of drug-likeness (QED) is 0.529. The van der Waals surface area contributed by atoms with Crippen LogP contribution in [0.4, 0.5) is 13.2 Å². The molecule has 0 fully saturated rings. The molecule has 2 aromatic heterocycles. The molecule has 7 nitrogen and oxygen atoms in total. The average molecular weight is 507 g/mol. The third kappa shape index (κ3) is 5.13. The molecule has 1 amide bonds. The van der Waals surface area contributed by atoms with Crippen molar-refractivity contribution >= 4 is 21.8 Å². The van der Waals surface area contributed by atoms with Gasteiger partial charge in [0, 0.05) is 22.2 Å². The molecule has 0 aliphatic heterocycles. The minimum absolute atomic E-state index is 0.0179. The summed E-state index contributed by atoms with van der Waals surface area (Å²) in [6.45, 7) is 5.45. The van der Waals surface area contributed by atoms with E-state index in [0.717, 1.165) is 12.1 Å². The van der Waals surface area contributed by atoms with Gasteiger partial charge in [-0.15, -0.1) is 5.10 Å². The molecule has 0 unspecified atom stereocenters. The first-order chi connectivity index (χ1) is 15.0. The lowest BCUT2D eigenvalue weighted by Crippen LogP contribution is -2.29. The van der Waals surface area contributed by atoms with Gasteiger partial charge in [0.15, 0.2) is 17.5 Å². The molecule has 1 atom stereocenters. The molecule has 32 heavy (non-hydrogen) atoms. The monoisotopic (exact) mass is 506 g/mol. The average Bonchev–Trinajstić information content (AvgIpc) is 3.18. The molecule has 1 N–H and O–H groups in total. The van der Waals surface area contributed by atoms with E-state index in [-0.39, 0.29) is 16.0 Å². The topological polar surface area (TPSA) is 96.5 Å². The lowest BCUT2D eigenvalue weighted by atomic mass is 10.1. The molecule has 0 aliphatic carbocycles. The Labute approximate surface area is 190 Å². The molecule has 0 saturated heterocycles. The highest BCUT2D eigenvalue weighted by atomic mass is 79.9. The summed E-state index contributed by atoms with van der Waals surface area (Å²) in [5.41, 5.74) is -0.710. The third-order valence-corrected chi connectivity index (χ3v) is 4.94. The summed E-state index contributed by atoms with van der Waals surface area (Å²) < 4.78 is 40.9. The van der Waals surface area contributed by atoms with Crippen molar-refractivity contribution in [1.29, 1.82) is 5.26 Å². The zero-order valence-electron chi connectivity index (χ0n) is 17.3. The number of benzene rings is 1. The highest BCUT2D eigenvalue weighted by molar-refractivity contribution is 9.10. The number of hydrogen-bond donors (Lipinski definition) is 1. The number of aromatic nitrogens is 4. The van der Waals surface area contributed by atoms with Crippen LogP contribution >= 0.6 is 15.9 Å². The van der Waals surface area contributed by atoms with Crippen LogP contribution in [0.15, 0.2) is 41.0 Å². The van der Waals surface area contributed by atoms with Crippen LogP contribution in [0.3, 0.4) is 0 Å². The van der Waals surface area contributed by atoms with Crippen LogP contribution in [-0.4, -0.2) is 25.7 Å². The van der Waals surface area contributed by atoms with Crippen molar-refractivity contribution in [2.24, 2.45) is 0 Å². The van der Waals surface area contributed by atoms with Crippen molar-refractivity contribution < 1.29 is 18.0 Å². The van der Waals surface area contributed by atoms with Crippen molar-refractivity contribution in [3.8, 4) is 11.9 Å². The minimum atomic E-state index is -4.59. The number of amides is 1. The van der Waals surface area contributed by atoms with Gasteiger partial charge in [-0.1, -0.05) is 29.8 Å². The second-order valence-electron chi connectivity index (χ2n) is 7.33. The fraction of sp³-hybridized carbons (Fsp3) is 0.286. The van der Waals surface area contributed by atoms with E-state index in [9.17, 15) is 18.0 Å². The van der Waals surface area contributed by atoms with Crippen molar-refractivity contribution in [2.75, 3.05) is 0 Å². The van der Waals surface area contributed by atoms with E-state index < -0.39 is 23.7 Å². The molecule has 166 valence electrons. The van der Waals surface area contributed by atoms with Crippen LogP contribution in [-0.2, 0) is 6.18 Å². The van der Waals surface area contributed by atoms with Gasteiger partial charge in [-0.05, 0) is 37.3 Å². The normalized spacial score (nSPS) is 12.5. The first-order valence-electron chi connectivity index (χ1n) is 9.51. The Balaban J connectivity index is 1.94. The number of nitriles is 1. The van der Waals surface area contributed by atoms with E-state index in [1.807, 2.05) is 19.9 Å². The number of halogens is 4. The molecular formula is C21H18BrF3N6O. The molecule has 0 aliphatic rings. The number of nitrogens with zero attached hydrogens (tertiary/aromatic N) is 5.